The van der Waals surface area contributed by atoms with Gasteiger partial charge in [0.25, 0.3) is 0 Å². The largest absolute Gasteiger partial charge is 0.353 e. The lowest BCUT2D eigenvalue weighted by atomic mass is 10.2. The van der Waals surface area contributed by atoms with Gasteiger partial charge in [0.1, 0.15) is 12.1 Å². The molecular formula is C14H24N4. The molecule has 1 fully saturated rings. The number of rotatable bonds is 7. The molecule has 100 valence electrons. The summed E-state index contributed by atoms with van der Waals surface area (Å²) >= 11 is 0. The van der Waals surface area contributed by atoms with Crippen LogP contribution < -0.4 is 10.2 Å². The SMILES string of the molecule is CCCN(c1ncncc1CNC(C)C)C1CC1. The molecule has 1 N–H and O–H groups in total. The van der Waals surface area contributed by atoms with E-state index in [1.54, 1.807) is 6.33 Å². The third-order valence-electron chi connectivity index (χ3n) is 3.19. The first kappa shape index (κ1) is 13.3. The molecule has 2 rings (SSSR count). The van der Waals surface area contributed by atoms with Gasteiger partial charge in [0.2, 0.25) is 0 Å². The van der Waals surface area contributed by atoms with E-state index < -0.39 is 0 Å². The van der Waals surface area contributed by atoms with E-state index in [0.29, 0.717) is 12.1 Å². The molecule has 0 aliphatic heterocycles. The van der Waals surface area contributed by atoms with Gasteiger partial charge in [-0.2, -0.15) is 0 Å². The van der Waals surface area contributed by atoms with Crippen LogP contribution in [0.1, 0.15) is 45.6 Å². The summed E-state index contributed by atoms with van der Waals surface area (Å²) in [6.07, 6.45) is 7.39. The Morgan fingerprint density at radius 1 is 1.44 bits per heavy atom. The van der Waals surface area contributed by atoms with Crippen LogP contribution in [0.5, 0.6) is 0 Å². The van der Waals surface area contributed by atoms with Crippen LogP contribution in [0.4, 0.5) is 5.82 Å². The highest BCUT2D eigenvalue weighted by Crippen LogP contribution is 2.32. The second-order valence-corrected chi connectivity index (χ2v) is 5.33. The maximum atomic E-state index is 4.51. The third kappa shape index (κ3) is 3.42. The summed E-state index contributed by atoms with van der Waals surface area (Å²) in [5.74, 6) is 1.13. The minimum Gasteiger partial charge on any atom is -0.353 e. The minimum absolute atomic E-state index is 0.485. The van der Waals surface area contributed by atoms with E-state index in [1.807, 2.05) is 6.20 Å². The van der Waals surface area contributed by atoms with E-state index in [0.717, 1.165) is 25.3 Å². The molecule has 0 atom stereocenters. The van der Waals surface area contributed by atoms with E-state index in [-0.39, 0.29) is 0 Å². The molecule has 0 radical (unpaired) electrons. The molecular weight excluding hydrogens is 224 g/mol. The highest BCUT2D eigenvalue weighted by molar-refractivity contribution is 5.47. The maximum Gasteiger partial charge on any atom is 0.136 e. The average molecular weight is 248 g/mol. The molecule has 0 bridgehead atoms. The third-order valence-corrected chi connectivity index (χ3v) is 3.19. The molecule has 1 aromatic heterocycles. The second-order valence-electron chi connectivity index (χ2n) is 5.33. The van der Waals surface area contributed by atoms with Crippen LogP contribution in [0.2, 0.25) is 0 Å². The Labute approximate surface area is 110 Å². The van der Waals surface area contributed by atoms with Crippen LogP contribution in [-0.4, -0.2) is 28.6 Å². The first-order valence-electron chi connectivity index (χ1n) is 7.01. The van der Waals surface area contributed by atoms with Crippen molar-refractivity contribution in [1.82, 2.24) is 15.3 Å². The number of aromatic nitrogens is 2. The molecule has 0 amide bonds. The van der Waals surface area contributed by atoms with Crippen LogP contribution in [0, 0.1) is 0 Å². The molecule has 1 aromatic rings. The standard InChI is InChI=1S/C14H24N4/c1-4-7-18(13-5-6-13)14-12(8-15-10-17-14)9-16-11(2)3/h8,10-11,13,16H,4-7,9H2,1-3H3. The summed E-state index contributed by atoms with van der Waals surface area (Å²) in [4.78, 5) is 11.1. The predicted octanol–water partition coefficient (Wildman–Crippen LogP) is 2.35. The number of nitrogens with zero attached hydrogens (tertiary/aromatic N) is 3. The first-order valence-corrected chi connectivity index (χ1v) is 7.01. The molecule has 0 saturated heterocycles. The zero-order valence-electron chi connectivity index (χ0n) is 11.7. The summed E-state index contributed by atoms with van der Waals surface area (Å²) in [6, 6.07) is 1.19. The Kier molecular flexibility index (Phi) is 4.53. The molecule has 4 nitrogen and oxygen atoms in total. The van der Waals surface area contributed by atoms with E-state index in [1.165, 1.54) is 18.4 Å². The van der Waals surface area contributed by atoms with E-state index >= 15 is 0 Å². The van der Waals surface area contributed by atoms with Crippen LogP contribution >= 0.6 is 0 Å². The Morgan fingerprint density at radius 2 is 2.22 bits per heavy atom. The van der Waals surface area contributed by atoms with Gasteiger partial charge in [0.05, 0.1) is 0 Å². The predicted molar refractivity (Wildman–Crippen MR) is 74.7 cm³/mol. The smallest absolute Gasteiger partial charge is 0.136 e. The van der Waals surface area contributed by atoms with Crippen LogP contribution in [0.15, 0.2) is 12.5 Å². The van der Waals surface area contributed by atoms with Crippen LogP contribution in [0.3, 0.4) is 0 Å². The molecule has 18 heavy (non-hydrogen) atoms. The van der Waals surface area contributed by atoms with Gasteiger partial charge >= 0.3 is 0 Å². The van der Waals surface area contributed by atoms with E-state index in [4.69, 9.17) is 0 Å². The van der Waals surface area contributed by atoms with Crippen molar-refractivity contribution in [2.45, 2.75) is 58.7 Å². The fourth-order valence-electron chi connectivity index (χ4n) is 2.14. The summed E-state index contributed by atoms with van der Waals surface area (Å²) in [6.45, 7) is 8.49. The van der Waals surface area contributed by atoms with Gasteiger partial charge in [-0.05, 0) is 19.3 Å². The van der Waals surface area contributed by atoms with Crippen molar-refractivity contribution in [2.24, 2.45) is 0 Å². The van der Waals surface area contributed by atoms with Crippen molar-refractivity contribution in [1.29, 1.82) is 0 Å². The summed E-state index contributed by atoms with van der Waals surface area (Å²) in [7, 11) is 0. The number of anilines is 1. The Balaban J connectivity index is 2.13. The highest BCUT2D eigenvalue weighted by Gasteiger charge is 2.30. The molecule has 1 aliphatic carbocycles. The van der Waals surface area contributed by atoms with Crippen molar-refractivity contribution in [2.75, 3.05) is 11.4 Å². The number of nitrogens with one attached hydrogen (secondary N) is 1. The lowest BCUT2D eigenvalue weighted by Crippen LogP contribution is -2.30. The summed E-state index contributed by atoms with van der Waals surface area (Å²) < 4.78 is 0. The zero-order valence-corrected chi connectivity index (χ0v) is 11.7. The molecule has 0 aromatic carbocycles. The van der Waals surface area contributed by atoms with Crippen molar-refractivity contribution in [3.63, 3.8) is 0 Å². The van der Waals surface area contributed by atoms with Crippen molar-refractivity contribution in [3.05, 3.63) is 18.1 Å². The average Bonchev–Trinajstić information content (AvgIpc) is 3.18. The normalized spacial score (nSPS) is 15.1. The van der Waals surface area contributed by atoms with Crippen LogP contribution in [0.25, 0.3) is 0 Å². The molecule has 4 heteroatoms. The van der Waals surface area contributed by atoms with Crippen molar-refractivity contribution in [3.8, 4) is 0 Å². The molecule has 0 unspecified atom stereocenters. The number of hydrogen-bond donors (Lipinski definition) is 1. The van der Waals surface area contributed by atoms with Gasteiger partial charge in [-0.3, -0.25) is 0 Å². The molecule has 1 saturated carbocycles. The summed E-state index contributed by atoms with van der Waals surface area (Å²) in [5, 5.41) is 3.45. The molecule has 1 heterocycles. The lowest BCUT2D eigenvalue weighted by molar-refractivity contribution is 0.584. The fraction of sp³-hybridized carbons (Fsp3) is 0.714. The maximum absolute atomic E-state index is 4.51. The Bertz CT molecular complexity index is 374. The highest BCUT2D eigenvalue weighted by atomic mass is 15.2. The Hall–Kier alpha value is -1.16. The summed E-state index contributed by atoms with van der Waals surface area (Å²) in [5.41, 5.74) is 1.21. The van der Waals surface area contributed by atoms with Crippen molar-refractivity contribution < 1.29 is 0 Å². The van der Waals surface area contributed by atoms with Crippen LogP contribution in [-0.2, 0) is 6.54 Å². The molecule has 0 spiro atoms. The van der Waals surface area contributed by atoms with E-state index in [9.17, 15) is 0 Å². The van der Waals surface area contributed by atoms with E-state index in [2.05, 4.69) is 41.0 Å². The van der Waals surface area contributed by atoms with Gasteiger partial charge in [0, 0.05) is 36.9 Å². The Morgan fingerprint density at radius 3 is 2.83 bits per heavy atom. The second kappa shape index (κ2) is 6.14. The fourth-order valence-corrected chi connectivity index (χ4v) is 2.14. The topological polar surface area (TPSA) is 41.1 Å². The van der Waals surface area contributed by atoms with Gasteiger partial charge < -0.3 is 10.2 Å². The quantitative estimate of drug-likeness (QED) is 0.804. The number of hydrogen-bond acceptors (Lipinski definition) is 4. The van der Waals surface area contributed by atoms with Gasteiger partial charge in [-0.15, -0.1) is 0 Å². The first-order chi connectivity index (χ1) is 8.72. The zero-order chi connectivity index (χ0) is 13.0. The van der Waals surface area contributed by atoms with Gasteiger partial charge in [0.15, 0.2) is 0 Å². The van der Waals surface area contributed by atoms with Crippen molar-refractivity contribution >= 4 is 5.82 Å². The lowest BCUT2D eigenvalue weighted by Gasteiger charge is -2.25. The minimum atomic E-state index is 0.485. The molecule has 1 aliphatic rings. The van der Waals surface area contributed by atoms with Gasteiger partial charge in [-0.25, -0.2) is 9.97 Å². The van der Waals surface area contributed by atoms with Gasteiger partial charge in [-0.1, -0.05) is 20.8 Å². The monoisotopic (exact) mass is 248 g/mol.